The first-order valence-electron chi connectivity index (χ1n) is 4.49. The van der Waals surface area contributed by atoms with Gasteiger partial charge in [-0.05, 0) is 37.5 Å². The van der Waals surface area contributed by atoms with Gasteiger partial charge in [0.2, 0.25) is 0 Å². The Hall–Kier alpha value is -1.84. The molecule has 0 fully saturated rings. The first-order valence-corrected chi connectivity index (χ1v) is 4.49. The van der Waals surface area contributed by atoms with Crippen LogP contribution in [0.3, 0.4) is 0 Å². The monoisotopic (exact) mass is 207 g/mol. The molecular weight excluding hydrogens is 194 g/mol. The lowest BCUT2D eigenvalue weighted by molar-refractivity contribution is 0.0695. The van der Waals surface area contributed by atoms with Gasteiger partial charge in [-0.15, -0.1) is 0 Å². The first-order chi connectivity index (χ1) is 6.91. The largest absolute Gasteiger partial charge is 0.478 e. The summed E-state index contributed by atoms with van der Waals surface area (Å²) in [5.74, 6) is -1.06. The Labute approximate surface area is 87.7 Å². The maximum absolute atomic E-state index is 11.0. The molecule has 0 heterocycles. The predicted molar refractivity (Wildman–Crippen MR) is 57.4 cm³/mol. The third-order valence-corrected chi connectivity index (χ3v) is 2.70. The Kier molecular flexibility index (Phi) is 2.79. The van der Waals surface area contributed by atoms with Gasteiger partial charge in [0.15, 0.2) is 6.29 Å². The summed E-state index contributed by atoms with van der Waals surface area (Å²) in [4.78, 5) is 21.8. The molecule has 0 unspecified atom stereocenters. The second kappa shape index (κ2) is 3.73. The number of benzene rings is 1. The van der Waals surface area contributed by atoms with Crippen LogP contribution in [0.25, 0.3) is 0 Å². The molecule has 0 amide bonds. The van der Waals surface area contributed by atoms with E-state index in [0.717, 1.165) is 0 Å². The molecule has 80 valence electrons. The molecule has 1 aromatic rings. The van der Waals surface area contributed by atoms with Crippen molar-refractivity contribution in [3.63, 3.8) is 0 Å². The molecule has 0 spiro atoms. The van der Waals surface area contributed by atoms with Crippen molar-refractivity contribution in [1.82, 2.24) is 0 Å². The minimum atomic E-state index is -1.06. The van der Waals surface area contributed by atoms with Crippen molar-refractivity contribution in [3.05, 3.63) is 27.8 Å². The molecule has 0 radical (unpaired) electrons. The van der Waals surface area contributed by atoms with Crippen molar-refractivity contribution in [1.29, 1.82) is 0 Å². The summed E-state index contributed by atoms with van der Waals surface area (Å²) >= 11 is 0. The molecule has 4 heteroatoms. The maximum Gasteiger partial charge on any atom is 0.336 e. The van der Waals surface area contributed by atoms with E-state index < -0.39 is 5.97 Å². The smallest absolute Gasteiger partial charge is 0.336 e. The molecule has 0 aromatic heterocycles. The minimum Gasteiger partial charge on any atom is -0.478 e. The topological polar surface area (TPSA) is 80.4 Å². The zero-order chi connectivity index (χ0) is 11.7. The Morgan fingerprint density at radius 1 is 1.20 bits per heavy atom. The summed E-state index contributed by atoms with van der Waals surface area (Å²) in [6.07, 6.45) is 0.646. The van der Waals surface area contributed by atoms with Gasteiger partial charge in [-0.3, -0.25) is 4.79 Å². The van der Waals surface area contributed by atoms with Crippen LogP contribution >= 0.6 is 0 Å². The van der Waals surface area contributed by atoms with Crippen molar-refractivity contribution in [2.75, 3.05) is 5.73 Å². The van der Waals surface area contributed by atoms with Gasteiger partial charge in [-0.2, -0.15) is 0 Å². The normalized spacial score (nSPS) is 10.1. The van der Waals surface area contributed by atoms with Gasteiger partial charge in [0.25, 0.3) is 0 Å². The van der Waals surface area contributed by atoms with Crippen LogP contribution in [-0.2, 0) is 0 Å². The molecule has 4 nitrogen and oxygen atoms in total. The minimum absolute atomic E-state index is 0.125. The highest BCUT2D eigenvalue weighted by atomic mass is 16.4. The van der Waals surface area contributed by atoms with Crippen molar-refractivity contribution in [3.8, 4) is 0 Å². The Morgan fingerprint density at radius 2 is 1.73 bits per heavy atom. The number of aromatic carboxylic acids is 1. The molecule has 0 atom stereocenters. The van der Waals surface area contributed by atoms with Crippen LogP contribution in [0.1, 0.15) is 37.4 Å². The molecule has 1 aromatic carbocycles. The van der Waals surface area contributed by atoms with Gasteiger partial charge in [-0.25, -0.2) is 4.79 Å². The molecule has 0 aliphatic rings. The molecule has 0 saturated carbocycles. The number of rotatable bonds is 2. The second-order valence-electron chi connectivity index (χ2n) is 3.50. The standard InChI is InChI=1S/C11H13NO3/c1-5-8(4-13)6(2)10(12)7(3)9(5)11(14)15/h4H,12H2,1-3H3,(H,14,15). The van der Waals surface area contributed by atoms with E-state index in [1.807, 2.05) is 0 Å². The summed E-state index contributed by atoms with van der Waals surface area (Å²) in [5, 5.41) is 9.01. The van der Waals surface area contributed by atoms with E-state index in [1.54, 1.807) is 20.8 Å². The highest BCUT2D eigenvalue weighted by Crippen LogP contribution is 2.27. The number of nitrogen functional groups attached to an aromatic ring is 1. The molecule has 15 heavy (non-hydrogen) atoms. The van der Waals surface area contributed by atoms with E-state index in [2.05, 4.69) is 0 Å². The summed E-state index contributed by atoms with van der Waals surface area (Å²) in [6, 6.07) is 0. The van der Waals surface area contributed by atoms with Crippen molar-refractivity contribution in [2.24, 2.45) is 0 Å². The molecule has 1 rings (SSSR count). The summed E-state index contributed by atoms with van der Waals surface area (Å²) in [5.41, 5.74) is 8.25. The lowest BCUT2D eigenvalue weighted by Gasteiger charge is -2.14. The zero-order valence-electron chi connectivity index (χ0n) is 8.92. The highest BCUT2D eigenvalue weighted by Gasteiger charge is 2.19. The number of carbonyl (C=O) groups is 2. The molecular formula is C11H13NO3. The van der Waals surface area contributed by atoms with Crippen molar-refractivity contribution < 1.29 is 14.7 Å². The number of carboxylic acids is 1. The summed E-state index contributed by atoms with van der Waals surface area (Å²) in [7, 11) is 0. The van der Waals surface area contributed by atoms with Crippen LogP contribution in [0.5, 0.6) is 0 Å². The first kappa shape index (κ1) is 11.2. The average Bonchev–Trinajstić information content (AvgIpc) is 2.15. The van der Waals surface area contributed by atoms with E-state index in [-0.39, 0.29) is 5.56 Å². The van der Waals surface area contributed by atoms with Crippen LogP contribution in [0.15, 0.2) is 0 Å². The average molecular weight is 207 g/mol. The van der Waals surface area contributed by atoms with Gasteiger partial charge in [0.1, 0.15) is 0 Å². The highest BCUT2D eigenvalue weighted by molar-refractivity contribution is 5.97. The number of carboxylic acid groups (broad SMARTS) is 1. The lowest BCUT2D eigenvalue weighted by Crippen LogP contribution is -2.11. The van der Waals surface area contributed by atoms with Crippen LogP contribution in [-0.4, -0.2) is 17.4 Å². The summed E-state index contributed by atoms with van der Waals surface area (Å²) in [6.45, 7) is 4.98. The molecule has 0 aliphatic carbocycles. The van der Waals surface area contributed by atoms with Crippen molar-refractivity contribution in [2.45, 2.75) is 20.8 Å². The Morgan fingerprint density at radius 3 is 2.13 bits per heavy atom. The predicted octanol–water partition coefficient (Wildman–Crippen LogP) is 1.70. The fourth-order valence-corrected chi connectivity index (χ4v) is 1.76. The van der Waals surface area contributed by atoms with Gasteiger partial charge >= 0.3 is 5.97 Å². The number of hydrogen-bond donors (Lipinski definition) is 2. The van der Waals surface area contributed by atoms with Crippen LogP contribution in [0, 0.1) is 20.8 Å². The van der Waals surface area contributed by atoms with Crippen LogP contribution in [0.2, 0.25) is 0 Å². The van der Waals surface area contributed by atoms with Crippen LogP contribution < -0.4 is 5.73 Å². The number of hydrogen-bond acceptors (Lipinski definition) is 3. The molecule has 0 bridgehead atoms. The maximum atomic E-state index is 11.0. The third kappa shape index (κ3) is 1.58. The number of anilines is 1. The Balaban J connectivity index is 3.75. The number of aldehydes is 1. The van der Waals surface area contributed by atoms with Gasteiger partial charge in [0, 0.05) is 11.3 Å². The van der Waals surface area contributed by atoms with Crippen LogP contribution in [0.4, 0.5) is 5.69 Å². The SMILES string of the molecule is Cc1c(N)c(C)c(C(=O)O)c(C)c1C=O. The second-order valence-corrected chi connectivity index (χ2v) is 3.50. The fraction of sp³-hybridized carbons (Fsp3) is 0.273. The molecule has 0 saturated heterocycles. The fourth-order valence-electron chi connectivity index (χ4n) is 1.76. The number of nitrogens with two attached hydrogens (primary N) is 1. The van der Waals surface area contributed by atoms with E-state index in [9.17, 15) is 9.59 Å². The van der Waals surface area contributed by atoms with Crippen molar-refractivity contribution >= 4 is 17.9 Å². The van der Waals surface area contributed by atoms with Gasteiger partial charge in [-0.1, -0.05) is 0 Å². The summed E-state index contributed by atoms with van der Waals surface area (Å²) < 4.78 is 0. The molecule has 0 aliphatic heterocycles. The van der Waals surface area contributed by atoms with E-state index in [0.29, 0.717) is 34.2 Å². The van der Waals surface area contributed by atoms with E-state index in [4.69, 9.17) is 10.8 Å². The number of carbonyl (C=O) groups excluding carboxylic acids is 1. The van der Waals surface area contributed by atoms with Gasteiger partial charge in [0.05, 0.1) is 5.56 Å². The molecule has 3 N–H and O–H groups in total. The Bertz CT molecular complexity index is 450. The lowest BCUT2D eigenvalue weighted by atomic mass is 9.92. The quantitative estimate of drug-likeness (QED) is 0.571. The van der Waals surface area contributed by atoms with E-state index in [1.165, 1.54) is 0 Å². The van der Waals surface area contributed by atoms with E-state index >= 15 is 0 Å². The third-order valence-electron chi connectivity index (χ3n) is 2.70. The zero-order valence-corrected chi connectivity index (χ0v) is 8.92. The van der Waals surface area contributed by atoms with Gasteiger partial charge < -0.3 is 10.8 Å².